The molecule has 0 N–H and O–H groups in total. The van der Waals surface area contributed by atoms with Gasteiger partial charge in [0.15, 0.2) is 0 Å². The molecule has 0 heterocycles. The van der Waals surface area contributed by atoms with Crippen LogP contribution in [0.25, 0.3) is 0 Å². The summed E-state index contributed by atoms with van der Waals surface area (Å²) in [4.78, 5) is 20.4. The summed E-state index contributed by atoms with van der Waals surface area (Å²) in [5.74, 6) is -1.83. The van der Waals surface area contributed by atoms with Gasteiger partial charge in [-0.1, -0.05) is 141 Å². The molecule has 0 amide bonds. The van der Waals surface area contributed by atoms with E-state index in [4.69, 9.17) is 0 Å². The smallest absolute Gasteiger partial charge is 0.550 e. The Morgan fingerprint density at radius 3 is 0.854 bits per heavy atom. The summed E-state index contributed by atoms with van der Waals surface area (Å²) in [5.41, 5.74) is 0. The average Bonchev–Trinajstić information content (AvgIpc) is 2.93. The SMILES string of the molecule is CCCCCCCCC=CCCCCCCCC(=O)[O-].CCCCCCCCC=CCCCCCCCC(=O)[O-].[Ti+2]. The summed E-state index contributed by atoms with van der Waals surface area (Å²) in [6.45, 7) is 4.51. The molecule has 238 valence electrons. The Hall–Kier alpha value is -0.866. The molecule has 0 rings (SSSR count). The number of hydrogen-bond acceptors (Lipinski definition) is 4. The molecule has 5 heteroatoms. The zero-order valence-electron chi connectivity index (χ0n) is 27.2. The van der Waals surface area contributed by atoms with Crippen LogP contribution < -0.4 is 10.2 Å². The van der Waals surface area contributed by atoms with E-state index in [2.05, 4.69) is 38.2 Å². The van der Waals surface area contributed by atoms with Crippen LogP contribution in [0.5, 0.6) is 0 Å². The van der Waals surface area contributed by atoms with Crippen molar-refractivity contribution in [1.82, 2.24) is 0 Å². The molecule has 0 saturated heterocycles. The van der Waals surface area contributed by atoms with Crippen LogP contribution in [0, 0.1) is 0 Å². The van der Waals surface area contributed by atoms with Crippen LogP contribution in [0.1, 0.15) is 194 Å². The van der Waals surface area contributed by atoms with Crippen LogP contribution in [-0.4, -0.2) is 11.9 Å². The van der Waals surface area contributed by atoms with Gasteiger partial charge in [0.1, 0.15) is 0 Å². The summed E-state index contributed by atoms with van der Waals surface area (Å²) in [5, 5.41) is 20.4. The van der Waals surface area contributed by atoms with Gasteiger partial charge in [-0.3, -0.25) is 0 Å². The van der Waals surface area contributed by atoms with Crippen molar-refractivity contribution in [3.05, 3.63) is 24.3 Å². The predicted octanol–water partition coefficient (Wildman–Crippen LogP) is 9.55. The third-order valence-corrected chi connectivity index (χ3v) is 7.29. The van der Waals surface area contributed by atoms with Crippen molar-refractivity contribution in [3.8, 4) is 0 Å². The Labute approximate surface area is 270 Å². The normalized spacial score (nSPS) is 11.0. The third-order valence-electron chi connectivity index (χ3n) is 7.29. The summed E-state index contributed by atoms with van der Waals surface area (Å²) in [6, 6.07) is 0. The average molecular weight is 611 g/mol. The molecule has 0 atom stereocenters. The number of carboxylic acid groups (broad SMARTS) is 2. The Kier molecular flexibility index (Phi) is 44.9. The van der Waals surface area contributed by atoms with Crippen LogP contribution in [0.2, 0.25) is 0 Å². The molecule has 0 aromatic rings. The number of unbranched alkanes of at least 4 members (excludes halogenated alkanes) is 22. The maximum Gasteiger partial charge on any atom is 2.00 e. The summed E-state index contributed by atoms with van der Waals surface area (Å²) in [7, 11) is 0. The number of rotatable bonds is 30. The molecule has 0 bridgehead atoms. The number of aliphatic carboxylic acids is 2. The van der Waals surface area contributed by atoms with E-state index in [0.717, 1.165) is 38.5 Å². The van der Waals surface area contributed by atoms with E-state index in [0.29, 0.717) is 0 Å². The summed E-state index contributed by atoms with van der Waals surface area (Å²) >= 11 is 0. The first-order valence-electron chi connectivity index (χ1n) is 17.2. The Morgan fingerprint density at radius 1 is 0.390 bits per heavy atom. The maximum absolute atomic E-state index is 10.2. The topological polar surface area (TPSA) is 80.3 Å². The molecule has 0 aliphatic rings. The van der Waals surface area contributed by atoms with Gasteiger partial charge in [-0.05, 0) is 77.0 Å². The minimum Gasteiger partial charge on any atom is -0.550 e. The van der Waals surface area contributed by atoms with E-state index in [9.17, 15) is 19.8 Å². The Balaban J connectivity index is -0.000000688. The molecule has 0 unspecified atom stereocenters. The number of carboxylic acids is 2. The fourth-order valence-electron chi connectivity index (χ4n) is 4.68. The minimum atomic E-state index is -0.914. The van der Waals surface area contributed by atoms with Gasteiger partial charge in [0.2, 0.25) is 0 Å². The van der Waals surface area contributed by atoms with Crippen LogP contribution >= 0.6 is 0 Å². The molecule has 4 nitrogen and oxygen atoms in total. The quantitative estimate of drug-likeness (QED) is 0.0461. The van der Waals surface area contributed by atoms with Gasteiger partial charge >= 0.3 is 21.7 Å². The van der Waals surface area contributed by atoms with E-state index in [-0.39, 0.29) is 34.6 Å². The fraction of sp³-hybridized carbons (Fsp3) is 0.833. The zero-order valence-corrected chi connectivity index (χ0v) is 28.8. The first kappa shape index (κ1) is 44.6. The maximum atomic E-state index is 10.2. The Bertz CT molecular complexity index is 524. The van der Waals surface area contributed by atoms with Gasteiger partial charge in [0, 0.05) is 11.9 Å². The van der Waals surface area contributed by atoms with Crippen molar-refractivity contribution in [2.45, 2.75) is 194 Å². The number of carbonyl (C=O) groups is 2. The standard InChI is InChI=1S/2C18H34O2.Ti/c2*1-2-3-4-5-6-7-8-9-10-11-12-13-14-15-16-17-18(19)20;/h2*9-10H,2-8,11-17H2,1H3,(H,19,20);/q;;+2/p-2. The van der Waals surface area contributed by atoms with Crippen molar-refractivity contribution in [3.63, 3.8) is 0 Å². The van der Waals surface area contributed by atoms with E-state index in [1.54, 1.807) is 0 Å². The second-order valence-electron chi connectivity index (χ2n) is 11.4. The van der Waals surface area contributed by atoms with Crippen molar-refractivity contribution < 1.29 is 41.5 Å². The zero-order chi connectivity index (χ0) is 29.8. The van der Waals surface area contributed by atoms with E-state index in [1.807, 2.05) is 0 Å². The number of allylic oxidation sites excluding steroid dienone is 4. The second kappa shape index (κ2) is 41.3. The predicted molar refractivity (Wildman–Crippen MR) is 169 cm³/mol. The first-order valence-corrected chi connectivity index (χ1v) is 17.2. The van der Waals surface area contributed by atoms with E-state index >= 15 is 0 Å². The van der Waals surface area contributed by atoms with Crippen molar-refractivity contribution in [2.75, 3.05) is 0 Å². The molecule has 0 aliphatic heterocycles. The third kappa shape index (κ3) is 49.2. The molecule has 0 spiro atoms. The summed E-state index contributed by atoms with van der Waals surface area (Å²) < 4.78 is 0. The largest absolute Gasteiger partial charge is 2.00 e. The van der Waals surface area contributed by atoms with Crippen LogP contribution in [0.4, 0.5) is 0 Å². The molecular formula is C36H66O4Ti. The van der Waals surface area contributed by atoms with Crippen molar-refractivity contribution >= 4 is 11.9 Å². The summed E-state index contributed by atoms with van der Waals surface area (Å²) in [6.07, 6.45) is 41.8. The molecule has 0 aliphatic carbocycles. The molecule has 0 radical (unpaired) electrons. The minimum absolute atomic E-state index is 0. The van der Waals surface area contributed by atoms with E-state index < -0.39 is 11.9 Å². The second-order valence-corrected chi connectivity index (χ2v) is 11.4. The van der Waals surface area contributed by atoms with Crippen LogP contribution in [0.3, 0.4) is 0 Å². The van der Waals surface area contributed by atoms with Crippen LogP contribution in [0.15, 0.2) is 24.3 Å². The number of carbonyl (C=O) groups excluding carboxylic acids is 2. The Morgan fingerprint density at radius 2 is 0.610 bits per heavy atom. The van der Waals surface area contributed by atoms with Gasteiger partial charge < -0.3 is 19.8 Å². The molecule has 0 saturated carbocycles. The monoisotopic (exact) mass is 610 g/mol. The molecule has 0 aromatic carbocycles. The van der Waals surface area contributed by atoms with Crippen molar-refractivity contribution in [1.29, 1.82) is 0 Å². The van der Waals surface area contributed by atoms with Gasteiger partial charge in [0.05, 0.1) is 0 Å². The van der Waals surface area contributed by atoms with Gasteiger partial charge in [0.25, 0.3) is 0 Å². The first-order chi connectivity index (χ1) is 19.5. The fourth-order valence-corrected chi connectivity index (χ4v) is 4.68. The van der Waals surface area contributed by atoms with Gasteiger partial charge in [-0.25, -0.2) is 0 Å². The van der Waals surface area contributed by atoms with Crippen LogP contribution in [-0.2, 0) is 31.3 Å². The molecule has 41 heavy (non-hydrogen) atoms. The number of hydrogen-bond donors (Lipinski definition) is 0. The van der Waals surface area contributed by atoms with E-state index in [1.165, 1.54) is 128 Å². The molecule has 0 aromatic heterocycles. The molecule has 0 fully saturated rings. The van der Waals surface area contributed by atoms with Gasteiger partial charge in [-0.15, -0.1) is 0 Å². The van der Waals surface area contributed by atoms with Crippen molar-refractivity contribution in [2.24, 2.45) is 0 Å². The van der Waals surface area contributed by atoms with Gasteiger partial charge in [-0.2, -0.15) is 0 Å². The molecular weight excluding hydrogens is 544 g/mol.